The summed E-state index contributed by atoms with van der Waals surface area (Å²) in [6, 6.07) is 10.5. The molecule has 19 heavy (non-hydrogen) atoms. The molecule has 3 rings (SSSR count). The highest BCUT2D eigenvalue weighted by Gasteiger charge is 2.12. The SMILES string of the molecule is Cc1cccnc1SNc1cccc2c1NCCC2. The van der Waals surface area contributed by atoms with Crippen LogP contribution < -0.4 is 10.0 Å². The molecule has 0 amide bonds. The van der Waals surface area contributed by atoms with Gasteiger partial charge in [0.1, 0.15) is 5.03 Å². The van der Waals surface area contributed by atoms with Crippen LogP contribution in [0.25, 0.3) is 0 Å². The molecule has 0 atom stereocenters. The molecule has 3 nitrogen and oxygen atoms in total. The number of fused-ring (bicyclic) bond motifs is 1. The third-order valence-electron chi connectivity index (χ3n) is 3.29. The second kappa shape index (κ2) is 5.53. The van der Waals surface area contributed by atoms with E-state index in [1.54, 1.807) is 11.9 Å². The molecule has 0 bridgehead atoms. The van der Waals surface area contributed by atoms with Gasteiger partial charge >= 0.3 is 0 Å². The summed E-state index contributed by atoms with van der Waals surface area (Å²) < 4.78 is 3.42. The Morgan fingerprint density at radius 3 is 3.11 bits per heavy atom. The third kappa shape index (κ3) is 2.68. The molecule has 1 aliphatic heterocycles. The number of pyridine rings is 1. The molecule has 1 aromatic carbocycles. The predicted molar refractivity (Wildman–Crippen MR) is 81.7 cm³/mol. The van der Waals surface area contributed by atoms with Crippen molar-refractivity contribution >= 4 is 23.3 Å². The summed E-state index contributed by atoms with van der Waals surface area (Å²) in [5.74, 6) is 0. The fraction of sp³-hybridized carbons (Fsp3) is 0.267. The predicted octanol–water partition coefficient (Wildman–Crippen LogP) is 3.87. The Bertz CT molecular complexity index is 583. The Kier molecular flexibility index (Phi) is 3.60. The zero-order valence-electron chi connectivity index (χ0n) is 10.9. The maximum atomic E-state index is 4.39. The summed E-state index contributed by atoms with van der Waals surface area (Å²) in [5, 5.41) is 4.51. The molecule has 0 saturated carbocycles. The van der Waals surface area contributed by atoms with Crippen LogP contribution in [-0.2, 0) is 6.42 Å². The largest absolute Gasteiger partial charge is 0.383 e. The minimum atomic E-state index is 1.02. The standard InChI is InChI=1S/C15H17N3S/c1-11-5-3-10-17-15(11)19-18-13-8-2-6-12-7-4-9-16-14(12)13/h2-3,5-6,8,10,16,18H,4,7,9H2,1H3. The quantitative estimate of drug-likeness (QED) is 0.831. The van der Waals surface area contributed by atoms with Gasteiger partial charge in [0, 0.05) is 24.7 Å². The molecule has 98 valence electrons. The molecule has 0 saturated heterocycles. The molecule has 0 spiro atoms. The molecule has 1 aliphatic rings. The van der Waals surface area contributed by atoms with E-state index >= 15 is 0 Å². The molecule has 2 heterocycles. The minimum Gasteiger partial charge on any atom is -0.383 e. The second-order valence-corrected chi connectivity index (χ2v) is 5.49. The van der Waals surface area contributed by atoms with Crippen LogP contribution in [0.1, 0.15) is 17.5 Å². The highest BCUT2D eigenvalue weighted by atomic mass is 32.2. The number of aryl methyl sites for hydroxylation is 2. The first-order chi connectivity index (χ1) is 9.34. The number of benzene rings is 1. The van der Waals surface area contributed by atoms with Gasteiger partial charge in [0.2, 0.25) is 0 Å². The molecular formula is C15H17N3S. The van der Waals surface area contributed by atoms with Gasteiger partial charge in [-0.25, -0.2) is 4.98 Å². The van der Waals surface area contributed by atoms with E-state index in [9.17, 15) is 0 Å². The van der Waals surface area contributed by atoms with Crippen molar-refractivity contribution in [1.29, 1.82) is 0 Å². The molecule has 0 fully saturated rings. The number of hydrogen-bond donors (Lipinski definition) is 2. The summed E-state index contributed by atoms with van der Waals surface area (Å²) in [4.78, 5) is 4.39. The van der Waals surface area contributed by atoms with Gasteiger partial charge in [0.15, 0.2) is 0 Å². The van der Waals surface area contributed by atoms with Gasteiger partial charge in [0.25, 0.3) is 0 Å². The Morgan fingerprint density at radius 2 is 2.21 bits per heavy atom. The van der Waals surface area contributed by atoms with Crippen molar-refractivity contribution in [2.75, 3.05) is 16.6 Å². The van der Waals surface area contributed by atoms with Gasteiger partial charge in [0.05, 0.1) is 11.4 Å². The lowest BCUT2D eigenvalue weighted by molar-refractivity contribution is 0.831. The van der Waals surface area contributed by atoms with Crippen LogP contribution in [-0.4, -0.2) is 11.5 Å². The first kappa shape index (κ1) is 12.4. The molecule has 4 heteroatoms. The molecule has 1 aromatic heterocycles. The smallest absolute Gasteiger partial charge is 0.119 e. The molecule has 0 unspecified atom stereocenters. The first-order valence-electron chi connectivity index (χ1n) is 6.55. The van der Waals surface area contributed by atoms with Crippen LogP contribution in [0.5, 0.6) is 0 Å². The van der Waals surface area contributed by atoms with E-state index in [2.05, 4.69) is 46.2 Å². The van der Waals surface area contributed by atoms with Crippen molar-refractivity contribution in [3.63, 3.8) is 0 Å². The highest BCUT2D eigenvalue weighted by Crippen LogP contribution is 2.33. The molecule has 0 aliphatic carbocycles. The number of nitrogens with zero attached hydrogens (tertiary/aromatic N) is 1. The third-order valence-corrected chi connectivity index (χ3v) is 4.24. The van der Waals surface area contributed by atoms with Gasteiger partial charge < -0.3 is 10.0 Å². The molecule has 0 radical (unpaired) electrons. The molecule has 2 N–H and O–H groups in total. The van der Waals surface area contributed by atoms with E-state index in [-0.39, 0.29) is 0 Å². The van der Waals surface area contributed by atoms with Crippen LogP contribution in [0.2, 0.25) is 0 Å². The summed E-state index contributed by atoms with van der Waals surface area (Å²) in [7, 11) is 0. The summed E-state index contributed by atoms with van der Waals surface area (Å²) in [5.41, 5.74) is 4.98. The van der Waals surface area contributed by atoms with Crippen LogP contribution in [0.4, 0.5) is 11.4 Å². The average Bonchev–Trinajstić information content (AvgIpc) is 2.46. The summed E-state index contributed by atoms with van der Waals surface area (Å²) in [6.07, 6.45) is 4.20. The zero-order chi connectivity index (χ0) is 13.1. The average molecular weight is 271 g/mol. The van der Waals surface area contributed by atoms with E-state index in [1.165, 1.54) is 23.2 Å². The fourth-order valence-electron chi connectivity index (χ4n) is 2.28. The fourth-order valence-corrected chi connectivity index (χ4v) is 3.00. The number of anilines is 2. The number of nitrogens with one attached hydrogen (secondary N) is 2. The van der Waals surface area contributed by atoms with Crippen molar-refractivity contribution < 1.29 is 0 Å². The summed E-state index contributed by atoms with van der Waals surface area (Å²) >= 11 is 1.57. The van der Waals surface area contributed by atoms with Crippen molar-refractivity contribution in [2.24, 2.45) is 0 Å². The minimum absolute atomic E-state index is 1.02. The van der Waals surface area contributed by atoms with Gasteiger partial charge in [-0.3, -0.25) is 0 Å². The Balaban J connectivity index is 1.79. The van der Waals surface area contributed by atoms with Crippen molar-refractivity contribution in [3.8, 4) is 0 Å². The number of para-hydroxylation sites is 1. The van der Waals surface area contributed by atoms with Gasteiger partial charge in [-0.15, -0.1) is 0 Å². The van der Waals surface area contributed by atoms with E-state index in [4.69, 9.17) is 0 Å². The van der Waals surface area contributed by atoms with Gasteiger partial charge in [-0.1, -0.05) is 18.2 Å². The molecule has 2 aromatic rings. The van der Waals surface area contributed by atoms with E-state index in [1.807, 2.05) is 12.3 Å². The maximum Gasteiger partial charge on any atom is 0.119 e. The second-order valence-electron chi connectivity index (χ2n) is 4.70. The van der Waals surface area contributed by atoms with Gasteiger partial charge in [-0.2, -0.15) is 0 Å². The van der Waals surface area contributed by atoms with Crippen molar-refractivity contribution in [2.45, 2.75) is 24.8 Å². The molecular weight excluding hydrogens is 254 g/mol. The summed E-state index contributed by atoms with van der Waals surface area (Å²) in [6.45, 7) is 3.13. The zero-order valence-corrected chi connectivity index (χ0v) is 11.8. The van der Waals surface area contributed by atoms with E-state index in [0.29, 0.717) is 0 Å². The van der Waals surface area contributed by atoms with Gasteiger partial charge in [-0.05, 0) is 43.0 Å². The van der Waals surface area contributed by atoms with Crippen LogP contribution >= 0.6 is 11.9 Å². The van der Waals surface area contributed by atoms with Crippen LogP contribution in [0.3, 0.4) is 0 Å². The lowest BCUT2D eigenvalue weighted by Crippen LogP contribution is -2.13. The maximum absolute atomic E-state index is 4.39. The van der Waals surface area contributed by atoms with Crippen molar-refractivity contribution in [1.82, 2.24) is 4.98 Å². The van der Waals surface area contributed by atoms with Crippen LogP contribution in [0, 0.1) is 6.92 Å². The van der Waals surface area contributed by atoms with Crippen molar-refractivity contribution in [3.05, 3.63) is 47.7 Å². The normalized spacial score (nSPS) is 13.5. The lowest BCUT2D eigenvalue weighted by atomic mass is 10.0. The Labute approximate surface area is 118 Å². The first-order valence-corrected chi connectivity index (χ1v) is 7.36. The monoisotopic (exact) mass is 271 g/mol. The number of hydrogen-bond acceptors (Lipinski definition) is 4. The van der Waals surface area contributed by atoms with E-state index in [0.717, 1.165) is 23.7 Å². The Hall–Kier alpha value is -1.68. The Morgan fingerprint density at radius 1 is 1.26 bits per heavy atom. The highest BCUT2D eigenvalue weighted by molar-refractivity contribution is 8.00. The number of aromatic nitrogens is 1. The number of rotatable bonds is 3. The van der Waals surface area contributed by atoms with Crippen LogP contribution in [0.15, 0.2) is 41.6 Å². The topological polar surface area (TPSA) is 37.0 Å². The lowest BCUT2D eigenvalue weighted by Gasteiger charge is -2.21. The van der Waals surface area contributed by atoms with E-state index < -0.39 is 0 Å².